The molecule has 0 aliphatic carbocycles. The summed E-state index contributed by atoms with van der Waals surface area (Å²) in [5.41, 5.74) is 0. The fraction of sp³-hybridized carbons (Fsp3) is 0.105. The number of halogens is 5. The van der Waals surface area contributed by atoms with E-state index in [-0.39, 0.29) is 5.75 Å². The number of aliphatic carboxylic acids is 1. The normalized spacial score (nSPS) is 14.1. The molecule has 0 spiro atoms. The van der Waals surface area contributed by atoms with Crippen molar-refractivity contribution >= 4 is 24.5 Å². The number of carboxylic acids is 1. The molecule has 0 aliphatic rings. The summed E-state index contributed by atoms with van der Waals surface area (Å²) >= 11 is 0. The highest BCUT2D eigenvalue weighted by Gasteiger charge is 2.38. The van der Waals surface area contributed by atoms with E-state index in [4.69, 9.17) is 9.63 Å². The van der Waals surface area contributed by atoms with Crippen molar-refractivity contribution in [1.82, 2.24) is 5.09 Å². The summed E-state index contributed by atoms with van der Waals surface area (Å²) in [6, 6.07) is 9.25. The Bertz CT molecular complexity index is 1190. The maximum absolute atomic E-state index is 14.1. The SMILES string of the molecule is CC(N[P@](=O)(Oc1c(F)c(F)c(F)c(F)c1F)Oc1cccc2ccccc12)C(=O)O. The van der Waals surface area contributed by atoms with Gasteiger partial charge in [-0.15, -0.1) is 0 Å². The molecule has 1 unspecified atom stereocenters. The van der Waals surface area contributed by atoms with Gasteiger partial charge in [-0.25, -0.2) is 17.7 Å². The molecule has 164 valence electrons. The summed E-state index contributed by atoms with van der Waals surface area (Å²) in [5, 5.41) is 11.9. The Labute approximate surface area is 171 Å². The molecule has 0 bridgehead atoms. The average Bonchev–Trinajstić information content (AvgIpc) is 2.74. The molecule has 0 heterocycles. The molecule has 0 fully saturated rings. The van der Waals surface area contributed by atoms with E-state index in [0.29, 0.717) is 10.8 Å². The molecular weight excluding hydrogens is 448 g/mol. The first-order valence-electron chi connectivity index (χ1n) is 8.53. The maximum Gasteiger partial charge on any atom is 0.513 e. The van der Waals surface area contributed by atoms with Gasteiger partial charge in [0.2, 0.25) is 34.8 Å². The van der Waals surface area contributed by atoms with E-state index < -0.39 is 54.6 Å². The molecule has 12 heteroatoms. The summed E-state index contributed by atoms with van der Waals surface area (Å²) in [7, 11) is -5.05. The average molecular weight is 461 g/mol. The molecule has 0 amide bonds. The summed E-state index contributed by atoms with van der Waals surface area (Å²) in [6.07, 6.45) is 0. The zero-order valence-electron chi connectivity index (χ0n) is 15.5. The van der Waals surface area contributed by atoms with Crippen LogP contribution < -0.4 is 14.1 Å². The van der Waals surface area contributed by atoms with Gasteiger partial charge in [0, 0.05) is 5.39 Å². The first-order valence-corrected chi connectivity index (χ1v) is 10.1. The van der Waals surface area contributed by atoms with Gasteiger partial charge in [-0.05, 0) is 18.4 Å². The molecule has 6 nitrogen and oxygen atoms in total. The van der Waals surface area contributed by atoms with Gasteiger partial charge in [-0.3, -0.25) is 4.79 Å². The van der Waals surface area contributed by atoms with Crippen LogP contribution in [0.1, 0.15) is 6.92 Å². The topological polar surface area (TPSA) is 84.9 Å². The van der Waals surface area contributed by atoms with Crippen LogP contribution in [0.3, 0.4) is 0 Å². The summed E-state index contributed by atoms with van der Waals surface area (Å²) < 4.78 is 91.5. The molecule has 3 rings (SSSR count). The Kier molecular flexibility index (Phi) is 6.19. The fourth-order valence-corrected chi connectivity index (χ4v) is 4.10. The van der Waals surface area contributed by atoms with E-state index in [2.05, 4.69) is 4.52 Å². The minimum atomic E-state index is -5.05. The minimum Gasteiger partial charge on any atom is -0.480 e. The van der Waals surface area contributed by atoms with Gasteiger partial charge in [0.25, 0.3) is 0 Å². The lowest BCUT2D eigenvalue weighted by atomic mass is 10.1. The molecule has 0 saturated heterocycles. The summed E-state index contributed by atoms with van der Waals surface area (Å²) in [4.78, 5) is 11.2. The predicted octanol–water partition coefficient (Wildman–Crippen LogP) is 5.16. The second-order valence-corrected chi connectivity index (χ2v) is 7.86. The van der Waals surface area contributed by atoms with Gasteiger partial charge >= 0.3 is 13.7 Å². The van der Waals surface area contributed by atoms with Crippen LogP contribution in [-0.2, 0) is 9.36 Å². The van der Waals surface area contributed by atoms with Gasteiger partial charge in [0.1, 0.15) is 11.8 Å². The molecule has 2 N–H and O–H groups in total. The molecule has 0 radical (unpaired) electrons. The van der Waals surface area contributed by atoms with E-state index in [1.54, 1.807) is 24.3 Å². The van der Waals surface area contributed by atoms with Crippen molar-refractivity contribution in [2.45, 2.75) is 13.0 Å². The second-order valence-electron chi connectivity index (χ2n) is 6.25. The van der Waals surface area contributed by atoms with Crippen molar-refractivity contribution in [3.8, 4) is 11.5 Å². The number of carbonyl (C=O) groups is 1. The molecule has 0 aliphatic heterocycles. The Balaban J connectivity index is 2.11. The lowest BCUT2D eigenvalue weighted by molar-refractivity contribution is -0.138. The number of hydrogen-bond donors (Lipinski definition) is 2. The summed E-state index contributed by atoms with van der Waals surface area (Å²) in [6.45, 7) is 1.00. The standard InChI is InChI=1S/C19H13F5NO5P/c1-9(19(26)27)25-31(28,29-12-8-4-6-10-5-2-3-7-11(10)12)30-18-16(23)14(21)13(20)15(22)17(18)24/h2-9H,1H3,(H,25,28)(H,26,27)/t9?,31-/m1/s1. The Morgan fingerprint density at radius 3 is 2.06 bits per heavy atom. The third-order valence-electron chi connectivity index (χ3n) is 4.07. The van der Waals surface area contributed by atoms with Gasteiger partial charge in [-0.2, -0.15) is 13.9 Å². The number of rotatable bonds is 7. The highest BCUT2D eigenvalue weighted by molar-refractivity contribution is 7.52. The van der Waals surface area contributed by atoms with Crippen molar-refractivity contribution in [1.29, 1.82) is 0 Å². The van der Waals surface area contributed by atoms with Crippen LogP contribution in [0.5, 0.6) is 11.5 Å². The molecule has 0 aromatic heterocycles. The van der Waals surface area contributed by atoms with Crippen LogP contribution in [0.25, 0.3) is 10.8 Å². The van der Waals surface area contributed by atoms with E-state index in [9.17, 15) is 31.3 Å². The van der Waals surface area contributed by atoms with Crippen molar-refractivity contribution in [2.75, 3.05) is 0 Å². The van der Waals surface area contributed by atoms with E-state index in [1.807, 2.05) is 5.09 Å². The van der Waals surface area contributed by atoms with E-state index >= 15 is 0 Å². The fourth-order valence-electron chi connectivity index (χ4n) is 2.55. The number of benzene rings is 3. The number of fused-ring (bicyclic) bond motifs is 1. The van der Waals surface area contributed by atoms with Crippen molar-refractivity contribution in [3.63, 3.8) is 0 Å². The van der Waals surface area contributed by atoms with Crippen LogP contribution in [0.2, 0.25) is 0 Å². The third kappa shape index (κ3) is 4.47. The monoisotopic (exact) mass is 461 g/mol. The first-order chi connectivity index (χ1) is 14.5. The van der Waals surface area contributed by atoms with Crippen LogP contribution in [0, 0.1) is 29.1 Å². The van der Waals surface area contributed by atoms with Gasteiger partial charge in [0.15, 0.2) is 0 Å². The highest BCUT2D eigenvalue weighted by atomic mass is 31.2. The van der Waals surface area contributed by atoms with Crippen molar-refractivity contribution in [3.05, 3.63) is 71.6 Å². The maximum atomic E-state index is 14.1. The molecule has 2 atom stereocenters. The van der Waals surface area contributed by atoms with Crippen molar-refractivity contribution in [2.24, 2.45) is 0 Å². The van der Waals surface area contributed by atoms with Crippen LogP contribution in [-0.4, -0.2) is 17.1 Å². The van der Waals surface area contributed by atoms with E-state index in [0.717, 1.165) is 6.92 Å². The van der Waals surface area contributed by atoms with Crippen LogP contribution in [0.15, 0.2) is 42.5 Å². The zero-order chi connectivity index (χ0) is 22.9. The van der Waals surface area contributed by atoms with Gasteiger partial charge in [0.05, 0.1) is 0 Å². The lowest BCUT2D eigenvalue weighted by Crippen LogP contribution is -2.34. The largest absolute Gasteiger partial charge is 0.513 e. The summed E-state index contributed by atoms with van der Waals surface area (Å²) in [5.74, 6) is -15.5. The van der Waals surface area contributed by atoms with E-state index in [1.165, 1.54) is 18.2 Å². The molecule has 31 heavy (non-hydrogen) atoms. The third-order valence-corrected chi connectivity index (χ3v) is 5.63. The van der Waals surface area contributed by atoms with Gasteiger partial charge < -0.3 is 14.2 Å². The highest BCUT2D eigenvalue weighted by Crippen LogP contribution is 2.48. The quantitative estimate of drug-likeness (QED) is 0.219. The first kappa shape index (κ1) is 22.5. The predicted molar refractivity (Wildman–Crippen MR) is 99.3 cm³/mol. The minimum absolute atomic E-state index is 0.157. The molecule has 3 aromatic rings. The number of nitrogens with one attached hydrogen (secondary N) is 1. The van der Waals surface area contributed by atoms with Gasteiger partial charge in [-0.1, -0.05) is 36.4 Å². The van der Waals surface area contributed by atoms with Crippen LogP contribution in [0.4, 0.5) is 22.0 Å². The molecular formula is C19H13F5NO5P. The van der Waals surface area contributed by atoms with Crippen molar-refractivity contribution < 1.29 is 45.5 Å². The second kappa shape index (κ2) is 8.52. The smallest absolute Gasteiger partial charge is 0.480 e. The Morgan fingerprint density at radius 2 is 1.45 bits per heavy atom. The number of hydrogen-bond acceptors (Lipinski definition) is 4. The molecule has 0 saturated carbocycles. The lowest BCUT2D eigenvalue weighted by Gasteiger charge is -2.23. The zero-order valence-corrected chi connectivity index (χ0v) is 16.4. The Morgan fingerprint density at radius 1 is 0.903 bits per heavy atom. The number of carboxylic acid groups (broad SMARTS) is 1. The van der Waals surface area contributed by atoms with Crippen LogP contribution >= 0.6 is 7.75 Å². The Hall–Kier alpha value is -3.17. The molecule has 3 aromatic carbocycles.